The van der Waals surface area contributed by atoms with Gasteiger partial charge in [0.2, 0.25) is 11.7 Å². The summed E-state index contributed by atoms with van der Waals surface area (Å²) >= 11 is 12.6. The summed E-state index contributed by atoms with van der Waals surface area (Å²) in [4.78, 5) is 37.2. The van der Waals surface area contributed by atoms with E-state index >= 15 is 0 Å². The number of halogens is 2. The van der Waals surface area contributed by atoms with E-state index in [-0.39, 0.29) is 38.7 Å². The second-order valence-electron chi connectivity index (χ2n) is 6.07. The summed E-state index contributed by atoms with van der Waals surface area (Å²) in [6.07, 6.45) is 2.13. The van der Waals surface area contributed by atoms with Crippen LogP contribution in [0.25, 0.3) is 5.69 Å². The molecule has 10 nitrogen and oxygen atoms in total. The number of aromatic nitrogens is 5. The highest BCUT2D eigenvalue weighted by Crippen LogP contribution is 2.39. The molecule has 0 atom stereocenters. The van der Waals surface area contributed by atoms with Gasteiger partial charge in [0.25, 0.3) is 11.1 Å². The minimum absolute atomic E-state index is 0.0701. The first-order valence-electron chi connectivity index (χ1n) is 8.12. The van der Waals surface area contributed by atoms with Gasteiger partial charge >= 0.3 is 5.69 Å². The van der Waals surface area contributed by atoms with Gasteiger partial charge in [-0.2, -0.15) is 4.68 Å². The fourth-order valence-corrected chi connectivity index (χ4v) is 3.55. The maximum Gasteiger partial charge on any atom is 0.349 e. The van der Waals surface area contributed by atoms with Crippen LogP contribution in [0, 0.1) is 0 Å². The third-order valence-corrected chi connectivity index (χ3v) is 4.85. The molecule has 0 radical (unpaired) electrons. The fraction of sp³-hybridized carbons (Fsp3) is 0.188. The van der Waals surface area contributed by atoms with E-state index in [4.69, 9.17) is 33.7 Å². The summed E-state index contributed by atoms with van der Waals surface area (Å²) in [6.45, 7) is 0. The van der Waals surface area contributed by atoms with E-state index in [9.17, 15) is 14.4 Å². The number of hydrogen-bond donors (Lipinski definition) is 3. The van der Waals surface area contributed by atoms with Crippen LogP contribution in [0.5, 0.6) is 11.6 Å². The highest BCUT2D eigenvalue weighted by Gasteiger charge is 2.23. The molecule has 2 heterocycles. The van der Waals surface area contributed by atoms with E-state index in [0.29, 0.717) is 24.0 Å². The molecule has 0 fully saturated rings. The first kappa shape index (κ1) is 18.3. The monoisotopic (exact) mass is 422 g/mol. The lowest BCUT2D eigenvalue weighted by Crippen LogP contribution is -2.33. The molecule has 3 aromatic rings. The number of nitrogens with two attached hydrogens (primary N) is 1. The molecular weight excluding hydrogens is 411 g/mol. The molecule has 0 unspecified atom stereocenters. The lowest BCUT2D eigenvalue weighted by Gasteiger charge is -2.13. The summed E-state index contributed by atoms with van der Waals surface area (Å²) in [5.41, 5.74) is 5.14. The fourth-order valence-electron chi connectivity index (χ4n) is 3.00. The van der Waals surface area contributed by atoms with E-state index in [1.807, 2.05) is 4.98 Å². The van der Waals surface area contributed by atoms with Crippen LogP contribution < -0.4 is 27.3 Å². The maximum absolute atomic E-state index is 12.0. The van der Waals surface area contributed by atoms with Crippen molar-refractivity contribution in [2.24, 2.45) is 0 Å². The van der Waals surface area contributed by atoms with Crippen molar-refractivity contribution in [2.75, 3.05) is 5.73 Å². The van der Waals surface area contributed by atoms with Crippen molar-refractivity contribution < 1.29 is 4.74 Å². The lowest BCUT2D eigenvalue weighted by molar-refractivity contribution is 0.448. The Morgan fingerprint density at radius 1 is 1.07 bits per heavy atom. The summed E-state index contributed by atoms with van der Waals surface area (Å²) in [6, 6.07) is 2.75. The molecule has 0 amide bonds. The first-order valence-corrected chi connectivity index (χ1v) is 8.87. The molecule has 0 spiro atoms. The number of anilines is 1. The highest BCUT2D eigenvalue weighted by atomic mass is 35.5. The number of H-pyrrole nitrogens is 2. The van der Waals surface area contributed by atoms with Gasteiger partial charge in [0, 0.05) is 11.1 Å². The minimum atomic E-state index is -0.805. The molecule has 12 heteroatoms. The minimum Gasteiger partial charge on any atom is -0.434 e. The van der Waals surface area contributed by atoms with Gasteiger partial charge in [0.1, 0.15) is 0 Å². The second-order valence-corrected chi connectivity index (χ2v) is 6.88. The van der Waals surface area contributed by atoms with Gasteiger partial charge in [-0.15, -0.1) is 10.2 Å². The molecule has 0 saturated heterocycles. The van der Waals surface area contributed by atoms with Crippen LogP contribution in [0.3, 0.4) is 0 Å². The van der Waals surface area contributed by atoms with Crippen LogP contribution in [0.4, 0.5) is 5.82 Å². The van der Waals surface area contributed by atoms with Gasteiger partial charge in [0.15, 0.2) is 5.75 Å². The van der Waals surface area contributed by atoms with Crippen LogP contribution in [-0.2, 0) is 12.8 Å². The van der Waals surface area contributed by atoms with Crippen LogP contribution >= 0.6 is 23.2 Å². The number of hydrogen-bond acceptors (Lipinski definition) is 7. The summed E-state index contributed by atoms with van der Waals surface area (Å²) < 4.78 is 6.62. The molecular formula is C16H12Cl2N6O4. The smallest absolute Gasteiger partial charge is 0.349 e. The predicted octanol–water partition coefficient (Wildman–Crippen LogP) is 1.17. The van der Waals surface area contributed by atoms with E-state index in [1.165, 1.54) is 12.1 Å². The van der Waals surface area contributed by atoms with E-state index in [1.54, 1.807) is 0 Å². The molecule has 0 aliphatic heterocycles. The maximum atomic E-state index is 12.0. The van der Waals surface area contributed by atoms with Crippen molar-refractivity contribution >= 4 is 29.0 Å². The summed E-state index contributed by atoms with van der Waals surface area (Å²) in [7, 11) is 0. The standard InChI is InChI=1S/C16H12Cl2N6O4/c17-9-4-6(24-16(27)20-14(26)12(19)23-24)5-10(18)11(9)28-15-8-3-1-2-7(8)13(25)21-22-15/h4-5H,1-3H2,(H2,19,23)(H,21,25)(H,20,26,27). The zero-order valence-corrected chi connectivity index (χ0v) is 15.6. The lowest BCUT2D eigenvalue weighted by atomic mass is 10.2. The van der Waals surface area contributed by atoms with Gasteiger partial charge in [-0.25, -0.2) is 9.89 Å². The number of ether oxygens (including phenoxy) is 1. The zero-order chi connectivity index (χ0) is 20.0. The Kier molecular flexibility index (Phi) is 4.44. The second kappa shape index (κ2) is 6.80. The normalized spacial score (nSPS) is 12.8. The number of fused-ring (bicyclic) bond motifs is 1. The van der Waals surface area contributed by atoms with Crippen molar-refractivity contribution in [3.05, 3.63) is 64.5 Å². The van der Waals surface area contributed by atoms with E-state index < -0.39 is 11.2 Å². The van der Waals surface area contributed by atoms with Crippen LogP contribution in [0.1, 0.15) is 17.5 Å². The van der Waals surface area contributed by atoms with Crippen molar-refractivity contribution in [1.82, 2.24) is 25.0 Å². The number of aromatic amines is 2. The average molecular weight is 423 g/mol. The molecule has 144 valence electrons. The third kappa shape index (κ3) is 3.06. The summed E-state index contributed by atoms with van der Waals surface area (Å²) in [5.74, 6) is -0.0708. The average Bonchev–Trinajstić information content (AvgIpc) is 3.13. The molecule has 0 saturated carbocycles. The number of nitrogens with one attached hydrogen (secondary N) is 2. The Balaban J connectivity index is 1.77. The highest BCUT2D eigenvalue weighted by molar-refractivity contribution is 6.37. The van der Waals surface area contributed by atoms with Crippen molar-refractivity contribution in [1.29, 1.82) is 0 Å². The van der Waals surface area contributed by atoms with Crippen LogP contribution in [0.2, 0.25) is 10.0 Å². The predicted molar refractivity (Wildman–Crippen MR) is 102 cm³/mol. The molecule has 1 aromatic carbocycles. The Bertz CT molecular complexity index is 1260. The van der Waals surface area contributed by atoms with Crippen LogP contribution in [-0.4, -0.2) is 25.0 Å². The molecule has 4 N–H and O–H groups in total. The van der Waals surface area contributed by atoms with Gasteiger partial charge in [0.05, 0.1) is 15.7 Å². The third-order valence-electron chi connectivity index (χ3n) is 4.29. The van der Waals surface area contributed by atoms with Crippen molar-refractivity contribution in [2.45, 2.75) is 19.3 Å². The summed E-state index contributed by atoms with van der Waals surface area (Å²) in [5, 5.41) is 10.2. The van der Waals surface area contributed by atoms with E-state index in [0.717, 1.165) is 11.1 Å². The largest absolute Gasteiger partial charge is 0.434 e. The van der Waals surface area contributed by atoms with Crippen molar-refractivity contribution in [3.63, 3.8) is 0 Å². The molecule has 1 aliphatic rings. The SMILES string of the molecule is Nc1nn(-c2cc(Cl)c(Oc3n[nH]c(=O)c4c3CCC4)c(Cl)c2)c(=O)[nH]c1=O. The van der Waals surface area contributed by atoms with Gasteiger partial charge < -0.3 is 10.5 Å². The Labute approximate surface area is 165 Å². The Morgan fingerprint density at radius 3 is 2.46 bits per heavy atom. The van der Waals surface area contributed by atoms with Crippen molar-refractivity contribution in [3.8, 4) is 17.3 Å². The topological polar surface area (TPSA) is 149 Å². The molecule has 4 rings (SSSR count). The van der Waals surface area contributed by atoms with E-state index in [2.05, 4.69) is 15.3 Å². The Hall–Kier alpha value is -3.11. The molecule has 0 bridgehead atoms. The number of nitrogens with zero attached hydrogens (tertiary/aromatic N) is 3. The number of nitrogen functional groups attached to an aromatic ring is 1. The molecule has 1 aliphatic carbocycles. The van der Waals surface area contributed by atoms with Crippen LogP contribution in [0.15, 0.2) is 26.5 Å². The van der Waals surface area contributed by atoms with Gasteiger partial charge in [-0.3, -0.25) is 14.6 Å². The number of benzene rings is 1. The molecule has 28 heavy (non-hydrogen) atoms. The first-order chi connectivity index (χ1) is 13.3. The number of rotatable bonds is 3. The van der Waals surface area contributed by atoms with Gasteiger partial charge in [-0.05, 0) is 31.4 Å². The Morgan fingerprint density at radius 2 is 1.75 bits per heavy atom. The quantitative estimate of drug-likeness (QED) is 0.573. The zero-order valence-electron chi connectivity index (χ0n) is 14.1. The van der Waals surface area contributed by atoms with Gasteiger partial charge in [-0.1, -0.05) is 23.2 Å². The molecule has 2 aromatic heterocycles.